The van der Waals surface area contributed by atoms with Crippen LogP contribution in [0.3, 0.4) is 0 Å². The summed E-state index contributed by atoms with van der Waals surface area (Å²) in [4.78, 5) is 6.41. The molecule has 1 fully saturated rings. The van der Waals surface area contributed by atoms with E-state index in [1.54, 1.807) is 0 Å². The molecule has 1 heterocycles. The molecular weight excluding hydrogens is 192 g/mol. The second kappa shape index (κ2) is 4.28. The molecule has 1 aromatic heterocycles. The van der Waals surface area contributed by atoms with Crippen LogP contribution < -0.4 is 5.73 Å². The zero-order valence-electron chi connectivity index (χ0n) is 9.31. The first-order valence-corrected chi connectivity index (χ1v) is 5.38. The van der Waals surface area contributed by atoms with E-state index >= 15 is 0 Å². The van der Waals surface area contributed by atoms with E-state index in [9.17, 15) is 0 Å². The fourth-order valence-electron chi connectivity index (χ4n) is 2.02. The highest BCUT2D eigenvalue weighted by Crippen LogP contribution is 2.32. The Balaban J connectivity index is 2.00. The molecule has 0 unspecified atom stereocenters. The molecule has 1 aromatic rings. The molecule has 1 aliphatic rings. The van der Waals surface area contributed by atoms with Gasteiger partial charge in [0.1, 0.15) is 0 Å². The monoisotopic (exact) mass is 210 g/mol. The average molecular weight is 210 g/mol. The van der Waals surface area contributed by atoms with Gasteiger partial charge < -0.3 is 15.2 Å². The molecule has 2 N–H and O–H groups in total. The van der Waals surface area contributed by atoms with Crippen molar-refractivity contribution in [1.29, 1.82) is 0 Å². The van der Waals surface area contributed by atoms with E-state index in [1.807, 2.05) is 19.0 Å². The van der Waals surface area contributed by atoms with E-state index in [2.05, 4.69) is 10.1 Å². The van der Waals surface area contributed by atoms with Crippen molar-refractivity contribution in [2.45, 2.75) is 37.8 Å². The van der Waals surface area contributed by atoms with Crippen molar-refractivity contribution < 1.29 is 4.52 Å². The maximum atomic E-state index is 5.85. The van der Waals surface area contributed by atoms with Gasteiger partial charge in [-0.15, -0.1) is 0 Å². The van der Waals surface area contributed by atoms with Gasteiger partial charge in [-0.1, -0.05) is 5.16 Å². The third-order valence-corrected chi connectivity index (χ3v) is 2.76. The fraction of sp³-hybridized carbons (Fsp3) is 0.800. The van der Waals surface area contributed by atoms with E-state index in [1.165, 1.54) is 0 Å². The van der Waals surface area contributed by atoms with Crippen molar-refractivity contribution in [3.63, 3.8) is 0 Å². The first-order valence-electron chi connectivity index (χ1n) is 5.38. The maximum Gasteiger partial charge on any atom is 0.229 e. The first kappa shape index (κ1) is 10.6. The third-order valence-electron chi connectivity index (χ3n) is 2.76. The molecule has 0 aliphatic heterocycles. The Morgan fingerprint density at radius 2 is 2.27 bits per heavy atom. The van der Waals surface area contributed by atoms with Gasteiger partial charge in [-0.05, 0) is 33.4 Å². The fourth-order valence-corrected chi connectivity index (χ4v) is 2.02. The van der Waals surface area contributed by atoms with Gasteiger partial charge >= 0.3 is 0 Å². The molecule has 0 spiro atoms. The minimum Gasteiger partial charge on any atom is -0.339 e. The van der Waals surface area contributed by atoms with E-state index in [0.717, 1.165) is 37.5 Å². The van der Waals surface area contributed by atoms with Gasteiger partial charge in [-0.3, -0.25) is 0 Å². The van der Waals surface area contributed by atoms with Crippen LogP contribution in [-0.2, 0) is 6.54 Å². The number of rotatable bonds is 3. The summed E-state index contributed by atoms with van der Waals surface area (Å²) >= 11 is 0. The summed E-state index contributed by atoms with van der Waals surface area (Å²) in [6, 6.07) is 0.305. The molecule has 84 valence electrons. The lowest BCUT2D eigenvalue weighted by Gasteiger charge is -2.04. The predicted molar refractivity (Wildman–Crippen MR) is 56.3 cm³/mol. The summed E-state index contributed by atoms with van der Waals surface area (Å²) in [5.41, 5.74) is 5.85. The van der Waals surface area contributed by atoms with Gasteiger partial charge in [-0.2, -0.15) is 4.98 Å². The molecule has 5 heteroatoms. The van der Waals surface area contributed by atoms with Crippen LogP contribution in [0.15, 0.2) is 4.52 Å². The zero-order chi connectivity index (χ0) is 10.8. The molecule has 0 saturated heterocycles. The number of nitrogens with two attached hydrogens (primary N) is 1. The lowest BCUT2D eigenvalue weighted by atomic mass is 10.1. The molecule has 5 nitrogen and oxygen atoms in total. The van der Waals surface area contributed by atoms with Crippen molar-refractivity contribution in [2.75, 3.05) is 14.1 Å². The first-order chi connectivity index (χ1) is 7.15. The molecule has 0 bridgehead atoms. The molecule has 1 aliphatic carbocycles. The van der Waals surface area contributed by atoms with Crippen LogP contribution in [-0.4, -0.2) is 35.2 Å². The molecule has 0 radical (unpaired) electrons. The lowest BCUT2D eigenvalue weighted by Crippen LogP contribution is -2.14. The topological polar surface area (TPSA) is 68.2 Å². The normalized spacial score (nSPS) is 26.4. The largest absolute Gasteiger partial charge is 0.339 e. The van der Waals surface area contributed by atoms with Crippen LogP contribution in [0.5, 0.6) is 0 Å². The van der Waals surface area contributed by atoms with E-state index in [4.69, 9.17) is 10.3 Å². The SMILES string of the molecule is CN(C)Cc1noc([C@@H]2CC[C@H](N)C2)n1. The molecule has 0 amide bonds. The molecule has 2 atom stereocenters. The highest BCUT2D eigenvalue weighted by atomic mass is 16.5. The molecule has 2 rings (SSSR count). The Morgan fingerprint density at radius 3 is 2.87 bits per heavy atom. The molecule has 1 saturated carbocycles. The molecule has 0 aromatic carbocycles. The highest BCUT2D eigenvalue weighted by Gasteiger charge is 2.27. The Hall–Kier alpha value is -0.940. The predicted octanol–water partition coefficient (Wildman–Crippen LogP) is 0.726. The van der Waals surface area contributed by atoms with Crippen LogP contribution in [0, 0.1) is 0 Å². The summed E-state index contributed by atoms with van der Waals surface area (Å²) in [6.45, 7) is 0.724. The van der Waals surface area contributed by atoms with Crippen molar-refractivity contribution >= 4 is 0 Å². The Kier molecular flexibility index (Phi) is 3.02. The third kappa shape index (κ3) is 2.54. The summed E-state index contributed by atoms with van der Waals surface area (Å²) in [5, 5.41) is 3.96. The van der Waals surface area contributed by atoms with Crippen molar-refractivity contribution in [3.05, 3.63) is 11.7 Å². The number of hydrogen-bond acceptors (Lipinski definition) is 5. The van der Waals surface area contributed by atoms with E-state index < -0.39 is 0 Å². The smallest absolute Gasteiger partial charge is 0.229 e. The van der Waals surface area contributed by atoms with Crippen molar-refractivity contribution in [3.8, 4) is 0 Å². The zero-order valence-corrected chi connectivity index (χ0v) is 9.31. The van der Waals surface area contributed by atoms with Crippen LogP contribution in [0.4, 0.5) is 0 Å². The number of nitrogens with zero attached hydrogens (tertiary/aromatic N) is 3. The highest BCUT2D eigenvalue weighted by molar-refractivity contribution is 4.99. The Bertz CT molecular complexity index is 323. The van der Waals surface area contributed by atoms with Gasteiger partial charge in [-0.25, -0.2) is 0 Å². The van der Waals surface area contributed by atoms with Gasteiger partial charge in [0.05, 0.1) is 6.54 Å². The van der Waals surface area contributed by atoms with Gasteiger partial charge in [0.25, 0.3) is 0 Å². The van der Waals surface area contributed by atoms with Crippen LogP contribution >= 0.6 is 0 Å². The standard InChI is InChI=1S/C10H18N4O/c1-14(2)6-9-12-10(15-13-9)7-3-4-8(11)5-7/h7-8H,3-6,11H2,1-2H3/t7-,8+/m1/s1. The number of hydrogen-bond donors (Lipinski definition) is 1. The van der Waals surface area contributed by atoms with E-state index in [-0.39, 0.29) is 0 Å². The lowest BCUT2D eigenvalue weighted by molar-refractivity contribution is 0.335. The van der Waals surface area contributed by atoms with Crippen LogP contribution in [0.1, 0.15) is 36.9 Å². The van der Waals surface area contributed by atoms with E-state index in [0.29, 0.717) is 12.0 Å². The van der Waals surface area contributed by atoms with Gasteiger partial charge in [0, 0.05) is 12.0 Å². The minimum atomic E-state index is 0.305. The molecular formula is C10H18N4O. The van der Waals surface area contributed by atoms with Crippen LogP contribution in [0.2, 0.25) is 0 Å². The van der Waals surface area contributed by atoms with Crippen molar-refractivity contribution in [2.24, 2.45) is 5.73 Å². The summed E-state index contributed by atoms with van der Waals surface area (Å²) in [5.74, 6) is 1.90. The summed E-state index contributed by atoms with van der Waals surface area (Å²) in [7, 11) is 3.98. The second-order valence-electron chi connectivity index (χ2n) is 4.56. The molecule has 15 heavy (non-hydrogen) atoms. The van der Waals surface area contributed by atoms with Gasteiger partial charge in [0.15, 0.2) is 5.82 Å². The Morgan fingerprint density at radius 1 is 1.47 bits per heavy atom. The summed E-state index contributed by atoms with van der Waals surface area (Å²) in [6.07, 6.45) is 3.12. The number of aromatic nitrogens is 2. The summed E-state index contributed by atoms with van der Waals surface area (Å²) < 4.78 is 5.25. The second-order valence-corrected chi connectivity index (χ2v) is 4.56. The quantitative estimate of drug-likeness (QED) is 0.796. The average Bonchev–Trinajstić information content (AvgIpc) is 2.72. The minimum absolute atomic E-state index is 0.305. The van der Waals surface area contributed by atoms with Crippen LogP contribution in [0.25, 0.3) is 0 Å². The van der Waals surface area contributed by atoms with Gasteiger partial charge in [0.2, 0.25) is 5.89 Å². The maximum absolute atomic E-state index is 5.85. The van der Waals surface area contributed by atoms with Crippen molar-refractivity contribution in [1.82, 2.24) is 15.0 Å². The Labute approximate surface area is 89.6 Å².